The van der Waals surface area contributed by atoms with Gasteiger partial charge >= 0.3 is 0 Å². The van der Waals surface area contributed by atoms with Crippen LogP contribution in [0.1, 0.15) is 64.1 Å². The van der Waals surface area contributed by atoms with Crippen molar-refractivity contribution in [3.8, 4) is 11.5 Å². The number of rotatable bonds is 10. The van der Waals surface area contributed by atoms with Crippen molar-refractivity contribution in [1.82, 2.24) is 4.90 Å². The number of benzene rings is 2. The zero-order chi connectivity index (χ0) is 24.0. The predicted molar refractivity (Wildman–Crippen MR) is 128 cm³/mol. The zero-order valence-electron chi connectivity index (χ0n) is 19.8. The monoisotopic (exact) mass is 451 g/mol. The molecule has 0 spiro atoms. The fourth-order valence-corrected chi connectivity index (χ4v) is 3.92. The van der Waals surface area contributed by atoms with E-state index in [9.17, 15) is 14.7 Å². The summed E-state index contributed by atoms with van der Waals surface area (Å²) in [6, 6.07) is 13.7. The molecule has 1 heterocycles. The molecule has 0 radical (unpaired) electrons. The topological polar surface area (TPSA) is 76.1 Å². The first-order valence-electron chi connectivity index (χ1n) is 11.7. The molecule has 2 aromatic carbocycles. The van der Waals surface area contributed by atoms with Gasteiger partial charge in [0.1, 0.15) is 17.3 Å². The molecule has 1 N–H and O–H groups in total. The Bertz CT molecular complexity index is 1030. The molecule has 3 rings (SSSR count). The number of carbonyl (C=O) groups is 2. The number of ketones is 1. The lowest BCUT2D eigenvalue weighted by atomic mass is 9.95. The van der Waals surface area contributed by atoms with Gasteiger partial charge in [-0.25, -0.2) is 0 Å². The molecule has 176 valence electrons. The van der Waals surface area contributed by atoms with Crippen molar-refractivity contribution in [2.45, 2.75) is 59.1 Å². The van der Waals surface area contributed by atoms with Crippen molar-refractivity contribution in [3.05, 3.63) is 65.2 Å². The average Bonchev–Trinajstić information content (AvgIpc) is 3.05. The molecule has 0 saturated carbocycles. The highest BCUT2D eigenvalue weighted by Crippen LogP contribution is 2.40. The molecule has 6 nitrogen and oxygen atoms in total. The third kappa shape index (κ3) is 5.56. The Morgan fingerprint density at radius 3 is 2.45 bits per heavy atom. The van der Waals surface area contributed by atoms with Crippen LogP contribution >= 0.6 is 0 Å². The molecule has 0 aliphatic carbocycles. The van der Waals surface area contributed by atoms with Crippen molar-refractivity contribution < 1.29 is 24.2 Å². The SMILES string of the molecule is CCCCN1C(=O)C(=O)/C(=C(\O)c2cccc(OCCC)c2)C1c1cccc(OC(C)C)c1. The number of aliphatic hydroxyl groups is 1. The first kappa shape index (κ1) is 24.4. The van der Waals surface area contributed by atoms with Crippen LogP contribution in [0.3, 0.4) is 0 Å². The van der Waals surface area contributed by atoms with Gasteiger partial charge in [-0.2, -0.15) is 0 Å². The van der Waals surface area contributed by atoms with Crippen molar-refractivity contribution in [1.29, 1.82) is 0 Å². The molecule has 1 aliphatic rings. The first-order valence-corrected chi connectivity index (χ1v) is 11.7. The Labute approximate surface area is 195 Å². The summed E-state index contributed by atoms with van der Waals surface area (Å²) in [6.07, 6.45) is 2.47. The lowest BCUT2D eigenvalue weighted by Crippen LogP contribution is -2.30. The van der Waals surface area contributed by atoms with E-state index < -0.39 is 17.7 Å². The van der Waals surface area contributed by atoms with Gasteiger partial charge in [-0.05, 0) is 56.5 Å². The van der Waals surface area contributed by atoms with Gasteiger partial charge in [-0.3, -0.25) is 9.59 Å². The van der Waals surface area contributed by atoms with Gasteiger partial charge in [0.15, 0.2) is 0 Å². The van der Waals surface area contributed by atoms with Gasteiger partial charge < -0.3 is 19.5 Å². The second kappa shape index (κ2) is 11.0. The number of unbranched alkanes of at least 4 members (excludes halogenated alkanes) is 1. The summed E-state index contributed by atoms with van der Waals surface area (Å²) in [5.74, 6) is -0.217. The van der Waals surface area contributed by atoms with Crippen LogP contribution in [0.25, 0.3) is 5.76 Å². The van der Waals surface area contributed by atoms with Gasteiger partial charge in [0.05, 0.1) is 24.3 Å². The van der Waals surface area contributed by atoms with Gasteiger partial charge in [0.25, 0.3) is 11.7 Å². The van der Waals surface area contributed by atoms with E-state index in [-0.39, 0.29) is 17.4 Å². The maximum Gasteiger partial charge on any atom is 0.295 e. The zero-order valence-corrected chi connectivity index (χ0v) is 19.8. The molecule has 0 aromatic heterocycles. The molecule has 1 amide bonds. The summed E-state index contributed by atoms with van der Waals surface area (Å²) < 4.78 is 11.5. The summed E-state index contributed by atoms with van der Waals surface area (Å²) in [4.78, 5) is 27.7. The summed E-state index contributed by atoms with van der Waals surface area (Å²) in [5.41, 5.74) is 1.26. The molecule has 1 atom stereocenters. The van der Waals surface area contributed by atoms with Crippen LogP contribution in [0.5, 0.6) is 11.5 Å². The van der Waals surface area contributed by atoms with E-state index in [0.29, 0.717) is 30.2 Å². The van der Waals surface area contributed by atoms with Crippen LogP contribution in [0, 0.1) is 0 Å². The van der Waals surface area contributed by atoms with E-state index in [1.807, 2.05) is 52.0 Å². The summed E-state index contributed by atoms with van der Waals surface area (Å²) in [7, 11) is 0. The van der Waals surface area contributed by atoms with E-state index in [1.165, 1.54) is 0 Å². The highest BCUT2D eigenvalue weighted by atomic mass is 16.5. The minimum Gasteiger partial charge on any atom is -0.507 e. The molecular weight excluding hydrogens is 418 g/mol. The molecule has 2 aromatic rings. The Morgan fingerprint density at radius 2 is 1.76 bits per heavy atom. The Kier molecular flexibility index (Phi) is 8.15. The normalized spacial score (nSPS) is 17.6. The van der Waals surface area contributed by atoms with Crippen molar-refractivity contribution in [2.24, 2.45) is 0 Å². The molecule has 1 aliphatic heterocycles. The fourth-order valence-electron chi connectivity index (χ4n) is 3.92. The van der Waals surface area contributed by atoms with E-state index in [1.54, 1.807) is 29.2 Å². The number of likely N-dealkylation sites (tertiary alicyclic amines) is 1. The van der Waals surface area contributed by atoms with Crippen LogP contribution in [0.4, 0.5) is 0 Å². The molecule has 6 heteroatoms. The predicted octanol–water partition coefficient (Wildman–Crippen LogP) is 5.48. The Morgan fingerprint density at radius 1 is 1.03 bits per heavy atom. The number of amides is 1. The largest absolute Gasteiger partial charge is 0.507 e. The molecule has 1 fully saturated rings. The molecule has 0 bridgehead atoms. The number of hydrogen-bond acceptors (Lipinski definition) is 5. The van der Waals surface area contributed by atoms with Crippen LogP contribution in [-0.2, 0) is 9.59 Å². The smallest absolute Gasteiger partial charge is 0.295 e. The highest BCUT2D eigenvalue weighted by molar-refractivity contribution is 6.46. The fraction of sp³-hybridized carbons (Fsp3) is 0.407. The molecule has 1 saturated heterocycles. The molecule has 33 heavy (non-hydrogen) atoms. The van der Waals surface area contributed by atoms with Gasteiger partial charge in [-0.15, -0.1) is 0 Å². The third-order valence-electron chi connectivity index (χ3n) is 5.42. The number of ether oxygens (including phenoxy) is 2. The van der Waals surface area contributed by atoms with Gasteiger partial charge in [-0.1, -0.05) is 44.5 Å². The number of nitrogens with zero attached hydrogens (tertiary/aromatic N) is 1. The minimum absolute atomic E-state index is 0.0161. The number of hydrogen-bond donors (Lipinski definition) is 1. The lowest BCUT2D eigenvalue weighted by molar-refractivity contribution is -0.139. The summed E-state index contributed by atoms with van der Waals surface area (Å²) in [5, 5.41) is 11.2. The second-order valence-corrected chi connectivity index (χ2v) is 8.46. The quantitative estimate of drug-likeness (QED) is 0.294. The van der Waals surface area contributed by atoms with Crippen molar-refractivity contribution >= 4 is 17.4 Å². The number of aliphatic hydroxyl groups excluding tert-OH is 1. The van der Waals surface area contributed by atoms with E-state index in [0.717, 1.165) is 24.8 Å². The van der Waals surface area contributed by atoms with E-state index in [4.69, 9.17) is 9.47 Å². The first-order chi connectivity index (χ1) is 15.9. The van der Waals surface area contributed by atoms with E-state index >= 15 is 0 Å². The van der Waals surface area contributed by atoms with E-state index in [2.05, 4.69) is 0 Å². The van der Waals surface area contributed by atoms with Crippen LogP contribution < -0.4 is 9.47 Å². The maximum absolute atomic E-state index is 13.1. The summed E-state index contributed by atoms with van der Waals surface area (Å²) in [6.45, 7) is 8.90. The Hall–Kier alpha value is -3.28. The number of Topliss-reactive ketones (excluding diaryl/α,β-unsaturated/α-hetero) is 1. The Balaban J connectivity index is 2.11. The third-order valence-corrected chi connectivity index (χ3v) is 5.42. The van der Waals surface area contributed by atoms with Crippen LogP contribution in [0.15, 0.2) is 54.1 Å². The standard InChI is InChI=1S/C27H33NO5/c1-5-7-14-28-24(19-10-8-13-22(16-19)33-18(3)4)23(26(30)27(28)31)25(29)20-11-9-12-21(17-20)32-15-6-2/h8-13,16-18,24,29H,5-7,14-15H2,1-4H3/b25-23-. The molecular formula is C27H33NO5. The van der Waals surface area contributed by atoms with Crippen molar-refractivity contribution in [3.63, 3.8) is 0 Å². The second-order valence-electron chi connectivity index (χ2n) is 8.46. The maximum atomic E-state index is 13.1. The summed E-state index contributed by atoms with van der Waals surface area (Å²) >= 11 is 0. The molecule has 1 unspecified atom stereocenters. The lowest BCUT2D eigenvalue weighted by Gasteiger charge is -2.25. The van der Waals surface area contributed by atoms with Gasteiger partial charge in [0, 0.05) is 12.1 Å². The highest BCUT2D eigenvalue weighted by Gasteiger charge is 2.45. The van der Waals surface area contributed by atoms with Crippen molar-refractivity contribution in [2.75, 3.05) is 13.2 Å². The average molecular weight is 452 g/mol. The number of carbonyl (C=O) groups excluding carboxylic acids is 2. The van der Waals surface area contributed by atoms with Gasteiger partial charge in [0.2, 0.25) is 0 Å². The van der Waals surface area contributed by atoms with Crippen LogP contribution in [0.2, 0.25) is 0 Å². The minimum atomic E-state index is -0.688. The van der Waals surface area contributed by atoms with Crippen LogP contribution in [-0.4, -0.2) is 41.0 Å².